The normalized spacial score (nSPS) is 12.5. The Kier molecular flexibility index (Phi) is 10.7. The maximum atomic E-state index is 5.68. The average molecular weight is 309 g/mol. The first-order valence-electron chi connectivity index (χ1n) is 8.42. The van der Waals surface area contributed by atoms with Gasteiger partial charge in [0.25, 0.3) is 0 Å². The van der Waals surface area contributed by atoms with Crippen molar-refractivity contribution in [3.8, 4) is 0 Å². The summed E-state index contributed by atoms with van der Waals surface area (Å²) in [6.07, 6.45) is 10.7. The van der Waals surface area contributed by atoms with E-state index in [2.05, 4.69) is 43.5 Å². The molecule has 120 valence electrons. The van der Waals surface area contributed by atoms with Gasteiger partial charge in [-0.05, 0) is 25.5 Å². The topological polar surface area (TPSA) is 38.0 Å². The van der Waals surface area contributed by atoms with Gasteiger partial charge in [0.05, 0.1) is 0 Å². The van der Waals surface area contributed by atoms with Crippen molar-refractivity contribution in [2.45, 2.75) is 76.2 Å². The van der Waals surface area contributed by atoms with Gasteiger partial charge in [0, 0.05) is 16.7 Å². The van der Waals surface area contributed by atoms with Crippen LogP contribution in [0.25, 0.3) is 0 Å². The fourth-order valence-corrected chi connectivity index (χ4v) is 3.57. The van der Waals surface area contributed by atoms with Gasteiger partial charge in [-0.3, -0.25) is 11.3 Å². The van der Waals surface area contributed by atoms with E-state index in [-0.39, 0.29) is 0 Å². The lowest BCUT2D eigenvalue weighted by molar-refractivity contribution is 0.492. The summed E-state index contributed by atoms with van der Waals surface area (Å²) in [6, 6.07) is 9.11. The van der Waals surface area contributed by atoms with E-state index in [1.165, 1.54) is 61.8 Å². The first kappa shape index (κ1) is 18.5. The van der Waals surface area contributed by atoms with Crippen molar-refractivity contribution in [1.82, 2.24) is 5.43 Å². The Bertz CT molecular complexity index is 368. The van der Waals surface area contributed by atoms with Gasteiger partial charge in [-0.25, -0.2) is 0 Å². The number of nitrogens with two attached hydrogens (primary N) is 1. The molecule has 21 heavy (non-hydrogen) atoms. The van der Waals surface area contributed by atoms with Crippen LogP contribution in [0.3, 0.4) is 0 Å². The SMILES string of the molecule is CCCCCCCCCC(CSc1cccc(C)c1)NN. The predicted octanol–water partition coefficient (Wildman–Crippen LogP) is 5.06. The third-order valence-corrected chi connectivity index (χ3v) is 4.99. The van der Waals surface area contributed by atoms with E-state index in [9.17, 15) is 0 Å². The zero-order valence-corrected chi connectivity index (χ0v) is 14.6. The van der Waals surface area contributed by atoms with Crippen molar-refractivity contribution >= 4 is 11.8 Å². The molecule has 0 fully saturated rings. The number of thioether (sulfide) groups is 1. The maximum Gasteiger partial charge on any atom is 0.0304 e. The van der Waals surface area contributed by atoms with Crippen LogP contribution < -0.4 is 11.3 Å². The molecule has 3 N–H and O–H groups in total. The molecular formula is C18H32N2S. The second-order valence-electron chi connectivity index (χ2n) is 5.90. The Morgan fingerprint density at radius 1 is 1.10 bits per heavy atom. The molecule has 0 bridgehead atoms. The Morgan fingerprint density at radius 2 is 1.81 bits per heavy atom. The largest absolute Gasteiger partial charge is 0.271 e. The Balaban J connectivity index is 2.11. The summed E-state index contributed by atoms with van der Waals surface area (Å²) in [5.41, 5.74) is 4.30. The Hall–Kier alpha value is -0.510. The summed E-state index contributed by atoms with van der Waals surface area (Å²) < 4.78 is 0. The number of hydrogen-bond donors (Lipinski definition) is 2. The summed E-state index contributed by atoms with van der Waals surface area (Å²) in [6.45, 7) is 4.41. The van der Waals surface area contributed by atoms with Gasteiger partial charge in [0.15, 0.2) is 0 Å². The zero-order valence-electron chi connectivity index (χ0n) is 13.7. The fourth-order valence-electron chi connectivity index (χ4n) is 2.46. The fraction of sp³-hybridized carbons (Fsp3) is 0.667. The number of unbranched alkanes of at least 4 members (excludes halogenated alkanes) is 6. The molecule has 0 aliphatic rings. The van der Waals surface area contributed by atoms with E-state index in [4.69, 9.17) is 5.84 Å². The lowest BCUT2D eigenvalue weighted by Gasteiger charge is -2.15. The molecule has 0 saturated heterocycles. The summed E-state index contributed by atoms with van der Waals surface area (Å²) in [5, 5.41) is 0. The highest BCUT2D eigenvalue weighted by Gasteiger charge is 2.07. The summed E-state index contributed by atoms with van der Waals surface area (Å²) >= 11 is 1.90. The maximum absolute atomic E-state index is 5.68. The molecule has 0 spiro atoms. The van der Waals surface area contributed by atoms with Crippen molar-refractivity contribution in [3.63, 3.8) is 0 Å². The summed E-state index contributed by atoms with van der Waals surface area (Å²) in [7, 11) is 0. The molecule has 0 heterocycles. The molecular weight excluding hydrogens is 276 g/mol. The number of aryl methyl sites for hydroxylation is 1. The molecule has 0 aliphatic heterocycles. The van der Waals surface area contributed by atoms with Gasteiger partial charge >= 0.3 is 0 Å². The van der Waals surface area contributed by atoms with Crippen LogP contribution in [0.4, 0.5) is 0 Å². The van der Waals surface area contributed by atoms with Gasteiger partial charge in [-0.15, -0.1) is 11.8 Å². The number of hydrazine groups is 1. The van der Waals surface area contributed by atoms with Gasteiger partial charge in [0.2, 0.25) is 0 Å². The molecule has 2 nitrogen and oxygen atoms in total. The third-order valence-electron chi connectivity index (χ3n) is 3.83. The first-order valence-corrected chi connectivity index (χ1v) is 9.40. The van der Waals surface area contributed by atoms with Crippen molar-refractivity contribution in [1.29, 1.82) is 0 Å². The van der Waals surface area contributed by atoms with Crippen molar-refractivity contribution in [2.24, 2.45) is 5.84 Å². The van der Waals surface area contributed by atoms with E-state index in [1.54, 1.807) is 0 Å². The molecule has 1 unspecified atom stereocenters. The van der Waals surface area contributed by atoms with Crippen LogP contribution in [0.2, 0.25) is 0 Å². The second kappa shape index (κ2) is 12.1. The van der Waals surface area contributed by atoms with E-state index < -0.39 is 0 Å². The molecule has 0 saturated carbocycles. The van der Waals surface area contributed by atoms with Crippen molar-refractivity contribution < 1.29 is 0 Å². The molecule has 3 heteroatoms. The third kappa shape index (κ3) is 9.18. The van der Waals surface area contributed by atoms with Crippen LogP contribution in [0.15, 0.2) is 29.2 Å². The lowest BCUT2D eigenvalue weighted by Crippen LogP contribution is -2.36. The first-order chi connectivity index (χ1) is 10.3. The van der Waals surface area contributed by atoms with Gasteiger partial charge < -0.3 is 0 Å². The second-order valence-corrected chi connectivity index (χ2v) is 6.99. The predicted molar refractivity (Wildman–Crippen MR) is 95.6 cm³/mol. The average Bonchev–Trinajstić information content (AvgIpc) is 2.49. The van der Waals surface area contributed by atoms with Crippen molar-refractivity contribution in [2.75, 3.05) is 5.75 Å². The number of hydrogen-bond acceptors (Lipinski definition) is 3. The van der Waals surface area contributed by atoms with Crippen LogP contribution in [0.1, 0.15) is 63.9 Å². The zero-order chi connectivity index (χ0) is 15.3. The Labute approximate surface area is 135 Å². The van der Waals surface area contributed by atoms with E-state index in [1.807, 2.05) is 11.8 Å². The molecule has 0 aliphatic carbocycles. The van der Waals surface area contributed by atoms with Crippen LogP contribution in [-0.4, -0.2) is 11.8 Å². The van der Waals surface area contributed by atoms with Crippen LogP contribution in [0, 0.1) is 6.92 Å². The minimum atomic E-state index is 0.422. The highest BCUT2D eigenvalue weighted by atomic mass is 32.2. The summed E-state index contributed by atoms with van der Waals surface area (Å²) in [4.78, 5) is 1.34. The van der Waals surface area contributed by atoms with E-state index in [0.717, 1.165) is 5.75 Å². The molecule has 1 aromatic rings. The van der Waals surface area contributed by atoms with Gasteiger partial charge in [-0.2, -0.15) is 0 Å². The van der Waals surface area contributed by atoms with Gasteiger partial charge in [-0.1, -0.05) is 69.6 Å². The van der Waals surface area contributed by atoms with E-state index in [0.29, 0.717) is 6.04 Å². The number of nitrogens with one attached hydrogen (secondary N) is 1. The molecule has 1 aromatic carbocycles. The summed E-state index contributed by atoms with van der Waals surface area (Å²) in [5.74, 6) is 6.74. The van der Waals surface area contributed by atoms with Crippen molar-refractivity contribution in [3.05, 3.63) is 29.8 Å². The highest BCUT2D eigenvalue weighted by Crippen LogP contribution is 2.21. The molecule has 0 aromatic heterocycles. The molecule has 1 rings (SSSR count). The Morgan fingerprint density at radius 3 is 2.48 bits per heavy atom. The molecule has 0 radical (unpaired) electrons. The monoisotopic (exact) mass is 308 g/mol. The van der Waals surface area contributed by atoms with E-state index >= 15 is 0 Å². The van der Waals surface area contributed by atoms with Crippen LogP contribution in [-0.2, 0) is 0 Å². The van der Waals surface area contributed by atoms with Crippen LogP contribution >= 0.6 is 11.8 Å². The minimum Gasteiger partial charge on any atom is -0.271 e. The molecule has 1 atom stereocenters. The number of benzene rings is 1. The lowest BCUT2D eigenvalue weighted by atomic mass is 10.1. The minimum absolute atomic E-state index is 0.422. The van der Waals surface area contributed by atoms with Gasteiger partial charge in [0.1, 0.15) is 0 Å². The molecule has 0 amide bonds. The van der Waals surface area contributed by atoms with Crippen LogP contribution in [0.5, 0.6) is 0 Å². The standard InChI is InChI=1S/C18H32N2S/c1-3-4-5-6-7-8-9-12-17(20-19)15-21-18-13-10-11-16(2)14-18/h10-11,13-14,17,20H,3-9,12,15,19H2,1-2H3. The highest BCUT2D eigenvalue weighted by molar-refractivity contribution is 7.99. The quantitative estimate of drug-likeness (QED) is 0.245. The number of rotatable bonds is 12. The smallest absolute Gasteiger partial charge is 0.0304 e.